The van der Waals surface area contributed by atoms with Crippen molar-refractivity contribution in [2.75, 3.05) is 32.2 Å². The molecule has 0 N–H and O–H groups in total. The summed E-state index contributed by atoms with van der Waals surface area (Å²) >= 11 is 0. The van der Waals surface area contributed by atoms with Gasteiger partial charge in [-0.25, -0.2) is 4.98 Å². The van der Waals surface area contributed by atoms with E-state index in [-0.39, 0.29) is 5.56 Å². The van der Waals surface area contributed by atoms with Crippen LogP contribution < -0.4 is 19.9 Å². The van der Waals surface area contributed by atoms with Crippen LogP contribution in [-0.4, -0.2) is 41.8 Å². The van der Waals surface area contributed by atoms with Crippen molar-refractivity contribution in [3.05, 3.63) is 64.7 Å². The summed E-state index contributed by atoms with van der Waals surface area (Å²) in [5, 5.41) is 0. The molecule has 30 heavy (non-hydrogen) atoms. The summed E-state index contributed by atoms with van der Waals surface area (Å²) in [5.41, 5.74) is 2.79. The summed E-state index contributed by atoms with van der Waals surface area (Å²) in [5.74, 6) is 2.24. The molecule has 0 unspecified atom stereocenters. The van der Waals surface area contributed by atoms with Gasteiger partial charge in [0, 0.05) is 43.7 Å². The largest absolute Gasteiger partial charge is 0.493 e. The summed E-state index contributed by atoms with van der Waals surface area (Å²) in [4.78, 5) is 23.8. The zero-order chi connectivity index (χ0) is 20.9. The average Bonchev–Trinajstić information content (AvgIpc) is 2.79. The Morgan fingerprint density at radius 2 is 1.80 bits per heavy atom. The minimum Gasteiger partial charge on any atom is -0.493 e. The second kappa shape index (κ2) is 8.98. The van der Waals surface area contributed by atoms with Gasteiger partial charge < -0.3 is 14.4 Å². The molecule has 0 saturated carbocycles. The summed E-state index contributed by atoms with van der Waals surface area (Å²) in [7, 11) is 3.29. The molecule has 1 aromatic carbocycles. The van der Waals surface area contributed by atoms with Crippen LogP contribution >= 0.6 is 0 Å². The molecular formula is C23H26N4O3. The smallest absolute Gasteiger partial charge is 0.255 e. The van der Waals surface area contributed by atoms with Gasteiger partial charge in [-0.15, -0.1) is 0 Å². The lowest BCUT2D eigenvalue weighted by atomic mass is 10.1. The van der Waals surface area contributed by atoms with E-state index in [1.165, 1.54) is 5.56 Å². The molecule has 0 fully saturated rings. The molecule has 0 saturated heterocycles. The molecule has 0 bridgehead atoms. The first-order valence-corrected chi connectivity index (χ1v) is 10.2. The Balaban J connectivity index is 1.51. The minimum absolute atomic E-state index is 0.00333. The summed E-state index contributed by atoms with van der Waals surface area (Å²) in [6.45, 7) is 2.45. The Bertz CT molecular complexity index is 1070. The van der Waals surface area contributed by atoms with Crippen LogP contribution in [0.5, 0.6) is 11.5 Å². The molecule has 0 radical (unpaired) electrons. The van der Waals surface area contributed by atoms with Gasteiger partial charge in [-0.2, -0.15) is 0 Å². The minimum atomic E-state index is -0.00333. The van der Waals surface area contributed by atoms with Gasteiger partial charge >= 0.3 is 0 Å². The van der Waals surface area contributed by atoms with Crippen LogP contribution in [0.3, 0.4) is 0 Å². The van der Waals surface area contributed by atoms with Crippen LogP contribution in [0.15, 0.2) is 53.6 Å². The van der Waals surface area contributed by atoms with Crippen LogP contribution in [0.1, 0.15) is 18.4 Å². The Labute approximate surface area is 175 Å². The van der Waals surface area contributed by atoms with Crippen molar-refractivity contribution in [1.29, 1.82) is 0 Å². The fourth-order valence-corrected chi connectivity index (χ4v) is 3.86. The van der Waals surface area contributed by atoms with Crippen molar-refractivity contribution in [1.82, 2.24) is 14.5 Å². The fraction of sp³-hybridized carbons (Fsp3) is 0.348. The lowest BCUT2D eigenvalue weighted by Crippen LogP contribution is -2.39. The zero-order valence-electron chi connectivity index (χ0n) is 17.4. The molecule has 0 atom stereocenters. The Kier molecular flexibility index (Phi) is 5.97. The van der Waals surface area contributed by atoms with E-state index in [1.807, 2.05) is 24.3 Å². The number of anilines is 1. The number of fused-ring (bicyclic) bond motifs is 1. The van der Waals surface area contributed by atoms with E-state index in [2.05, 4.69) is 16.0 Å². The molecule has 3 aromatic rings. The first-order chi connectivity index (χ1) is 14.7. The summed E-state index contributed by atoms with van der Waals surface area (Å²) in [6, 6.07) is 11.4. The highest BCUT2D eigenvalue weighted by Gasteiger charge is 2.20. The number of benzene rings is 1. The van der Waals surface area contributed by atoms with Gasteiger partial charge in [0.2, 0.25) is 5.95 Å². The molecule has 1 aliphatic heterocycles. The van der Waals surface area contributed by atoms with Crippen molar-refractivity contribution >= 4 is 5.95 Å². The summed E-state index contributed by atoms with van der Waals surface area (Å²) in [6.07, 6.45) is 6.24. The summed E-state index contributed by atoms with van der Waals surface area (Å²) < 4.78 is 12.5. The molecule has 0 spiro atoms. The lowest BCUT2D eigenvalue weighted by molar-refractivity contribution is 0.354. The standard InChI is InChI=1S/C23H26N4O3/c1-29-20-7-6-17(15-21(20)30-2)5-3-12-26-13-4-14-27-22(28)16-19(25-23(26)27)18-8-10-24-11-9-18/h6-11,15-16H,3-5,12-14H2,1-2H3. The van der Waals surface area contributed by atoms with Crippen LogP contribution in [0.25, 0.3) is 11.3 Å². The first kappa shape index (κ1) is 19.9. The highest BCUT2D eigenvalue weighted by Crippen LogP contribution is 2.28. The second-order valence-electron chi connectivity index (χ2n) is 7.30. The molecule has 7 nitrogen and oxygen atoms in total. The molecule has 7 heteroatoms. The normalized spacial score (nSPS) is 13.1. The quantitative estimate of drug-likeness (QED) is 0.600. The zero-order valence-corrected chi connectivity index (χ0v) is 17.4. The Morgan fingerprint density at radius 3 is 2.57 bits per heavy atom. The van der Waals surface area contributed by atoms with E-state index in [4.69, 9.17) is 14.5 Å². The Morgan fingerprint density at radius 1 is 1.00 bits per heavy atom. The topological polar surface area (TPSA) is 69.5 Å². The van der Waals surface area contributed by atoms with Crippen molar-refractivity contribution in [2.45, 2.75) is 25.8 Å². The fourth-order valence-electron chi connectivity index (χ4n) is 3.86. The molecular weight excluding hydrogens is 380 g/mol. The van der Waals surface area contributed by atoms with E-state index in [9.17, 15) is 4.79 Å². The van der Waals surface area contributed by atoms with Crippen molar-refractivity contribution in [3.63, 3.8) is 0 Å². The second-order valence-corrected chi connectivity index (χ2v) is 7.30. The maximum Gasteiger partial charge on any atom is 0.255 e. The van der Waals surface area contributed by atoms with E-state index in [1.54, 1.807) is 37.2 Å². The molecule has 3 heterocycles. The number of aryl methyl sites for hydroxylation is 1. The molecule has 1 aliphatic rings. The predicted octanol–water partition coefficient (Wildman–Crippen LogP) is 3.17. The van der Waals surface area contributed by atoms with Gasteiger partial charge in [-0.3, -0.25) is 14.3 Å². The number of aromatic nitrogens is 3. The van der Waals surface area contributed by atoms with Crippen LogP contribution in [-0.2, 0) is 13.0 Å². The Hall–Kier alpha value is -3.35. The van der Waals surface area contributed by atoms with Gasteiger partial charge in [0.25, 0.3) is 5.56 Å². The molecule has 2 aromatic heterocycles. The molecule has 156 valence electrons. The van der Waals surface area contributed by atoms with Crippen LogP contribution in [0.4, 0.5) is 5.95 Å². The third-order valence-electron chi connectivity index (χ3n) is 5.40. The number of hydrogen-bond acceptors (Lipinski definition) is 6. The van der Waals surface area contributed by atoms with E-state index in [0.29, 0.717) is 12.2 Å². The van der Waals surface area contributed by atoms with E-state index < -0.39 is 0 Å². The third-order valence-corrected chi connectivity index (χ3v) is 5.40. The first-order valence-electron chi connectivity index (χ1n) is 10.2. The van der Waals surface area contributed by atoms with Gasteiger partial charge in [0.1, 0.15) is 0 Å². The maximum absolute atomic E-state index is 12.7. The van der Waals surface area contributed by atoms with Crippen LogP contribution in [0.2, 0.25) is 0 Å². The van der Waals surface area contributed by atoms with Crippen LogP contribution in [0, 0.1) is 0 Å². The number of ether oxygens (including phenoxy) is 2. The van der Waals surface area contributed by atoms with E-state index in [0.717, 1.165) is 55.4 Å². The average molecular weight is 406 g/mol. The van der Waals surface area contributed by atoms with Gasteiger partial charge in [0.15, 0.2) is 11.5 Å². The van der Waals surface area contributed by atoms with Gasteiger partial charge in [-0.1, -0.05) is 6.07 Å². The highest BCUT2D eigenvalue weighted by molar-refractivity contribution is 5.59. The van der Waals surface area contributed by atoms with Gasteiger partial charge in [0.05, 0.1) is 19.9 Å². The predicted molar refractivity (Wildman–Crippen MR) is 116 cm³/mol. The van der Waals surface area contributed by atoms with Crippen molar-refractivity contribution in [2.24, 2.45) is 0 Å². The van der Waals surface area contributed by atoms with Gasteiger partial charge in [-0.05, 0) is 49.1 Å². The molecule has 4 rings (SSSR count). The monoisotopic (exact) mass is 406 g/mol. The maximum atomic E-state index is 12.7. The van der Waals surface area contributed by atoms with Crippen molar-refractivity contribution < 1.29 is 9.47 Å². The number of pyridine rings is 1. The van der Waals surface area contributed by atoms with E-state index >= 15 is 0 Å². The third kappa shape index (κ3) is 4.15. The molecule has 0 aliphatic carbocycles. The highest BCUT2D eigenvalue weighted by atomic mass is 16.5. The lowest BCUT2D eigenvalue weighted by Gasteiger charge is -2.31. The number of rotatable bonds is 7. The van der Waals surface area contributed by atoms with Crippen molar-refractivity contribution in [3.8, 4) is 22.8 Å². The molecule has 0 amide bonds. The number of nitrogens with zero attached hydrogens (tertiary/aromatic N) is 4. The SMILES string of the molecule is COc1ccc(CCCN2CCCn3c2nc(-c2ccncc2)cc3=O)cc1OC. The number of hydrogen-bond donors (Lipinski definition) is 0. The number of methoxy groups -OCH3 is 2.